The highest BCUT2D eigenvalue weighted by Crippen LogP contribution is 2.44. The van der Waals surface area contributed by atoms with Gasteiger partial charge in [0.2, 0.25) is 5.28 Å². The molecule has 0 bridgehead atoms. The normalized spacial score (nSPS) is 21.2. The van der Waals surface area contributed by atoms with Gasteiger partial charge < -0.3 is 5.11 Å². The molecule has 0 aliphatic heterocycles. The first kappa shape index (κ1) is 8.91. The summed E-state index contributed by atoms with van der Waals surface area (Å²) in [5.41, 5.74) is -0.220. The molecule has 0 aromatic carbocycles. The Morgan fingerprint density at radius 3 is 2.85 bits per heavy atom. The van der Waals surface area contributed by atoms with Crippen molar-refractivity contribution in [3.05, 3.63) is 23.2 Å². The van der Waals surface area contributed by atoms with Gasteiger partial charge in [0.1, 0.15) is 5.60 Å². The van der Waals surface area contributed by atoms with Gasteiger partial charge in [0.15, 0.2) is 0 Å². The third kappa shape index (κ3) is 1.67. The van der Waals surface area contributed by atoms with Crippen LogP contribution in [-0.2, 0) is 5.60 Å². The number of rotatable bonds is 2. The maximum Gasteiger partial charge on any atom is 0.222 e. The molecule has 2 rings (SSSR count). The van der Waals surface area contributed by atoms with Gasteiger partial charge in [-0.15, -0.1) is 0 Å². The Morgan fingerprint density at radius 1 is 1.62 bits per heavy atom. The first-order chi connectivity index (χ1) is 6.10. The van der Waals surface area contributed by atoms with Gasteiger partial charge in [-0.3, -0.25) is 0 Å². The Labute approximate surface area is 81.8 Å². The van der Waals surface area contributed by atoms with Gasteiger partial charge >= 0.3 is 0 Å². The van der Waals surface area contributed by atoms with Gasteiger partial charge in [0, 0.05) is 6.20 Å². The molecule has 1 aliphatic carbocycles. The minimum Gasteiger partial charge on any atom is -0.384 e. The summed E-state index contributed by atoms with van der Waals surface area (Å²) in [7, 11) is 0. The monoisotopic (exact) mass is 198 g/mol. The molecule has 13 heavy (non-hydrogen) atoms. The van der Waals surface area contributed by atoms with Crippen LogP contribution in [0.4, 0.5) is 0 Å². The van der Waals surface area contributed by atoms with Crippen LogP contribution in [0.15, 0.2) is 12.3 Å². The van der Waals surface area contributed by atoms with E-state index in [4.69, 9.17) is 11.6 Å². The van der Waals surface area contributed by atoms with Gasteiger partial charge in [0.05, 0.1) is 5.69 Å². The molecule has 0 amide bonds. The topological polar surface area (TPSA) is 46.0 Å². The minimum atomic E-state index is -0.841. The molecule has 0 saturated heterocycles. The molecule has 3 nitrogen and oxygen atoms in total. The zero-order valence-electron chi connectivity index (χ0n) is 7.37. The summed E-state index contributed by atoms with van der Waals surface area (Å²) in [6.07, 6.45) is 3.70. The summed E-state index contributed by atoms with van der Waals surface area (Å²) in [6, 6.07) is 1.71. The average Bonchev–Trinajstić information content (AvgIpc) is 2.86. The molecule has 0 spiro atoms. The van der Waals surface area contributed by atoms with E-state index in [2.05, 4.69) is 9.97 Å². The van der Waals surface area contributed by atoms with Gasteiger partial charge in [0.25, 0.3) is 0 Å². The van der Waals surface area contributed by atoms with Crippen LogP contribution in [0.5, 0.6) is 0 Å². The van der Waals surface area contributed by atoms with E-state index in [0.717, 1.165) is 12.8 Å². The van der Waals surface area contributed by atoms with E-state index in [0.29, 0.717) is 11.6 Å². The Kier molecular flexibility index (Phi) is 2.00. The second kappa shape index (κ2) is 2.93. The van der Waals surface area contributed by atoms with Crippen molar-refractivity contribution < 1.29 is 5.11 Å². The van der Waals surface area contributed by atoms with Crippen LogP contribution in [0.25, 0.3) is 0 Å². The van der Waals surface area contributed by atoms with Crippen LogP contribution >= 0.6 is 11.6 Å². The van der Waals surface area contributed by atoms with Crippen molar-refractivity contribution in [2.75, 3.05) is 0 Å². The Hall–Kier alpha value is -0.670. The van der Waals surface area contributed by atoms with Crippen LogP contribution in [0.3, 0.4) is 0 Å². The first-order valence-corrected chi connectivity index (χ1v) is 4.70. The van der Waals surface area contributed by atoms with Gasteiger partial charge in [-0.05, 0) is 43.4 Å². The van der Waals surface area contributed by atoms with Crippen LogP contribution in [0.1, 0.15) is 25.5 Å². The Balaban J connectivity index is 2.33. The third-order valence-corrected chi connectivity index (χ3v) is 2.70. The molecule has 70 valence electrons. The van der Waals surface area contributed by atoms with Crippen molar-refractivity contribution in [2.24, 2.45) is 5.92 Å². The summed E-state index contributed by atoms with van der Waals surface area (Å²) < 4.78 is 0. The molecule has 1 fully saturated rings. The third-order valence-electron chi connectivity index (χ3n) is 2.52. The number of hydrogen-bond donors (Lipinski definition) is 1. The summed E-state index contributed by atoms with van der Waals surface area (Å²) in [6.45, 7) is 1.78. The second-order valence-corrected chi connectivity index (χ2v) is 3.97. The Morgan fingerprint density at radius 2 is 2.31 bits per heavy atom. The fraction of sp³-hybridized carbons (Fsp3) is 0.556. The predicted molar refractivity (Wildman–Crippen MR) is 49.3 cm³/mol. The number of nitrogens with zero attached hydrogens (tertiary/aromatic N) is 2. The van der Waals surface area contributed by atoms with Gasteiger partial charge in [-0.2, -0.15) is 0 Å². The van der Waals surface area contributed by atoms with Crippen molar-refractivity contribution in [2.45, 2.75) is 25.4 Å². The highest BCUT2D eigenvalue weighted by atomic mass is 35.5. The largest absolute Gasteiger partial charge is 0.384 e. The predicted octanol–water partition coefficient (Wildman–Crippen LogP) is 1.75. The highest BCUT2D eigenvalue weighted by molar-refractivity contribution is 6.28. The number of hydrogen-bond acceptors (Lipinski definition) is 3. The number of aromatic nitrogens is 2. The molecule has 1 saturated carbocycles. The molecule has 1 atom stereocenters. The summed E-state index contributed by atoms with van der Waals surface area (Å²) >= 11 is 5.64. The van der Waals surface area contributed by atoms with Crippen molar-refractivity contribution in [1.29, 1.82) is 0 Å². The van der Waals surface area contributed by atoms with E-state index in [1.165, 1.54) is 0 Å². The van der Waals surface area contributed by atoms with Crippen molar-refractivity contribution >= 4 is 11.6 Å². The molecule has 0 radical (unpaired) electrons. The van der Waals surface area contributed by atoms with Crippen LogP contribution in [0, 0.1) is 5.92 Å². The molecule has 1 unspecified atom stereocenters. The van der Waals surface area contributed by atoms with Crippen LogP contribution < -0.4 is 0 Å². The van der Waals surface area contributed by atoms with Crippen molar-refractivity contribution in [1.82, 2.24) is 9.97 Å². The van der Waals surface area contributed by atoms with E-state index in [-0.39, 0.29) is 5.28 Å². The SMILES string of the molecule is CC(O)(c1ccnc(Cl)n1)C1CC1. The second-order valence-electron chi connectivity index (χ2n) is 3.63. The summed E-state index contributed by atoms with van der Waals surface area (Å²) in [5, 5.41) is 10.3. The summed E-state index contributed by atoms with van der Waals surface area (Å²) in [5.74, 6) is 0.332. The van der Waals surface area contributed by atoms with E-state index < -0.39 is 5.60 Å². The highest BCUT2D eigenvalue weighted by Gasteiger charge is 2.42. The van der Waals surface area contributed by atoms with Gasteiger partial charge in [-0.1, -0.05) is 0 Å². The lowest BCUT2D eigenvalue weighted by atomic mass is 9.96. The molecular formula is C9H11ClN2O. The molecule has 1 aromatic rings. The first-order valence-electron chi connectivity index (χ1n) is 4.32. The molecule has 4 heteroatoms. The summed E-state index contributed by atoms with van der Waals surface area (Å²) in [4.78, 5) is 7.79. The fourth-order valence-electron chi connectivity index (χ4n) is 1.47. The van der Waals surface area contributed by atoms with Crippen molar-refractivity contribution in [3.63, 3.8) is 0 Å². The fourth-order valence-corrected chi connectivity index (χ4v) is 1.62. The van der Waals surface area contributed by atoms with Gasteiger partial charge in [-0.25, -0.2) is 9.97 Å². The minimum absolute atomic E-state index is 0.193. The Bertz CT molecular complexity index is 323. The number of aliphatic hydroxyl groups is 1. The lowest BCUT2D eigenvalue weighted by molar-refractivity contribution is 0.0285. The van der Waals surface area contributed by atoms with E-state index >= 15 is 0 Å². The van der Waals surface area contributed by atoms with E-state index in [1.807, 2.05) is 0 Å². The van der Waals surface area contributed by atoms with Crippen LogP contribution in [0.2, 0.25) is 5.28 Å². The quantitative estimate of drug-likeness (QED) is 0.737. The lowest BCUT2D eigenvalue weighted by Gasteiger charge is -2.21. The maximum absolute atomic E-state index is 10.1. The van der Waals surface area contributed by atoms with E-state index in [1.54, 1.807) is 19.2 Å². The maximum atomic E-state index is 10.1. The molecule has 1 N–H and O–H groups in total. The van der Waals surface area contributed by atoms with E-state index in [9.17, 15) is 5.11 Å². The van der Waals surface area contributed by atoms with Crippen molar-refractivity contribution in [3.8, 4) is 0 Å². The van der Waals surface area contributed by atoms with Crippen LogP contribution in [-0.4, -0.2) is 15.1 Å². The standard InChI is InChI=1S/C9H11ClN2O/c1-9(13,6-2-3-6)7-4-5-11-8(10)12-7/h4-6,13H,2-3H2,1H3. The molecule has 1 heterocycles. The lowest BCUT2D eigenvalue weighted by Crippen LogP contribution is -2.25. The molecular weight excluding hydrogens is 188 g/mol. The molecule has 1 aromatic heterocycles. The number of halogens is 1. The average molecular weight is 199 g/mol. The zero-order valence-corrected chi connectivity index (χ0v) is 8.12. The molecule has 1 aliphatic rings. The smallest absolute Gasteiger partial charge is 0.222 e. The zero-order chi connectivity index (χ0) is 9.47.